The van der Waals surface area contributed by atoms with Crippen LogP contribution in [0.4, 0.5) is 11.4 Å². The number of hydrogen-bond donors (Lipinski definition) is 1. The summed E-state index contributed by atoms with van der Waals surface area (Å²) in [7, 11) is 1.84. The van der Waals surface area contributed by atoms with Gasteiger partial charge in [-0.3, -0.25) is 14.3 Å². The summed E-state index contributed by atoms with van der Waals surface area (Å²) in [5.41, 5.74) is 3.63. The molecule has 1 saturated heterocycles. The van der Waals surface area contributed by atoms with Gasteiger partial charge in [-0.05, 0) is 43.7 Å². The van der Waals surface area contributed by atoms with Crippen molar-refractivity contribution in [3.8, 4) is 0 Å². The lowest BCUT2D eigenvalue weighted by molar-refractivity contribution is -0.117. The van der Waals surface area contributed by atoms with Crippen molar-refractivity contribution in [2.45, 2.75) is 19.8 Å². The van der Waals surface area contributed by atoms with Crippen LogP contribution in [0.2, 0.25) is 0 Å². The lowest BCUT2D eigenvalue weighted by atomic mass is 10.1. The van der Waals surface area contributed by atoms with Gasteiger partial charge in [-0.15, -0.1) is 0 Å². The molecule has 7 nitrogen and oxygen atoms in total. The zero-order chi connectivity index (χ0) is 18.3. The van der Waals surface area contributed by atoms with Gasteiger partial charge in [-0.2, -0.15) is 5.10 Å². The number of amides is 2. The highest BCUT2D eigenvalue weighted by Crippen LogP contribution is 2.23. The minimum absolute atomic E-state index is 0.133. The molecule has 1 aliphatic heterocycles. The van der Waals surface area contributed by atoms with Gasteiger partial charge in [0.1, 0.15) is 0 Å². The summed E-state index contributed by atoms with van der Waals surface area (Å²) in [5.74, 6) is -0.0830. The normalized spacial score (nSPS) is 14.2. The number of fused-ring (bicyclic) bond motifs is 1. The highest BCUT2D eigenvalue weighted by molar-refractivity contribution is 6.05. The molecule has 2 amide bonds. The van der Waals surface area contributed by atoms with Crippen molar-refractivity contribution < 1.29 is 9.59 Å². The predicted molar refractivity (Wildman–Crippen MR) is 99.2 cm³/mol. The Labute approximate surface area is 150 Å². The molecule has 0 bridgehead atoms. The van der Waals surface area contributed by atoms with E-state index in [4.69, 9.17) is 0 Å². The monoisotopic (exact) mass is 349 g/mol. The van der Waals surface area contributed by atoms with Gasteiger partial charge < -0.3 is 10.2 Å². The van der Waals surface area contributed by atoms with Crippen LogP contribution in [0.1, 0.15) is 28.9 Å². The molecule has 0 radical (unpaired) electrons. The third-order valence-electron chi connectivity index (χ3n) is 4.64. The Bertz CT molecular complexity index is 1010. The van der Waals surface area contributed by atoms with Crippen molar-refractivity contribution in [1.29, 1.82) is 0 Å². The fraction of sp³-hybridized carbons (Fsp3) is 0.263. The maximum atomic E-state index is 12.5. The Morgan fingerprint density at radius 3 is 2.69 bits per heavy atom. The minimum Gasteiger partial charge on any atom is -0.321 e. The third-order valence-corrected chi connectivity index (χ3v) is 4.64. The van der Waals surface area contributed by atoms with E-state index in [1.165, 1.54) is 0 Å². The van der Waals surface area contributed by atoms with E-state index in [2.05, 4.69) is 15.4 Å². The predicted octanol–water partition coefficient (Wildman–Crippen LogP) is 2.66. The Morgan fingerprint density at radius 2 is 2.00 bits per heavy atom. The maximum Gasteiger partial charge on any atom is 0.255 e. The molecule has 0 atom stereocenters. The molecule has 1 aromatic carbocycles. The number of nitrogens with one attached hydrogen (secondary N) is 1. The van der Waals surface area contributed by atoms with Crippen molar-refractivity contribution >= 4 is 34.2 Å². The summed E-state index contributed by atoms with van der Waals surface area (Å²) >= 11 is 0. The topological polar surface area (TPSA) is 80.1 Å². The second-order valence-corrected chi connectivity index (χ2v) is 6.45. The van der Waals surface area contributed by atoms with Crippen LogP contribution in [0.15, 0.2) is 36.5 Å². The molecule has 132 valence electrons. The van der Waals surface area contributed by atoms with Crippen molar-refractivity contribution in [2.75, 3.05) is 16.8 Å². The molecule has 3 aromatic rings. The molecule has 26 heavy (non-hydrogen) atoms. The molecule has 3 heterocycles. The van der Waals surface area contributed by atoms with Gasteiger partial charge in [0, 0.05) is 36.7 Å². The standard InChI is InChI=1S/C19H19N5O2/c1-12-16-10-14(11-20-18(16)23(2)22-12)21-19(26)13-5-7-15(8-6-13)24-9-3-4-17(24)25/h5-8,10-11H,3-4,9H2,1-2H3,(H,21,26). The summed E-state index contributed by atoms with van der Waals surface area (Å²) in [6.45, 7) is 2.65. The first-order valence-corrected chi connectivity index (χ1v) is 8.54. The fourth-order valence-corrected chi connectivity index (χ4v) is 3.29. The average Bonchev–Trinajstić information content (AvgIpc) is 3.18. The molecular formula is C19H19N5O2. The number of hydrogen-bond acceptors (Lipinski definition) is 4. The van der Waals surface area contributed by atoms with Gasteiger partial charge >= 0.3 is 0 Å². The second-order valence-electron chi connectivity index (χ2n) is 6.45. The number of aromatic nitrogens is 3. The van der Waals surface area contributed by atoms with Gasteiger partial charge in [0.25, 0.3) is 5.91 Å². The van der Waals surface area contributed by atoms with Crippen LogP contribution in [0, 0.1) is 6.92 Å². The Kier molecular flexibility index (Phi) is 3.91. The lowest BCUT2D eigenvalue weighted by Crippen LogP contribution is -2.23. The molecule has 1 fully saturated rings. The highest BCUT2D eigenvalue weighted by atomic mass is 16.2. The van der Waals surface area contributed by atoms with Crippen LogP contribution in [0.3, 0.4) is 0 Å². The van der Waals surface area contributed by atoms with Crippen LogP contribution < -0.4 is 10.2 Å². The van der Waals surface area contributed by atoms with E-state index in [1.54, 1.807) is 27.9 Å². The van der Waals surface area contributed by atoms with Gasteiger partial charge in [0.2, 0.25) is 5.91 Å². The molecule has 1 aliphatic rings. The van der Waals surface area contributed by atoms with Crippen LogP contribution >= 0.6 is 0 Å². The summed E-state index contributed by atoms with van der Waals surface area (Å²) < 4.78 is 1.72. The van der Waals surface area contributed by atoms with E-state index in [-0.39, 0.29) is 11.8 Å². The van der Waals surface area contributed by atoms with Crippen LogP contribution in [0.25, 0.3) is 11.0 Å². The van der Waals surface area contributed by atoms with Crippen LogP contribution in [0.5, 0.6) is 0 Å². The van der Waals surface area contributed by atoms with Gasteiger partial charge in [-0.25, -0.2) is 4.98 Å². The molecule has 4 rings (SSSR count). The number of anilines is 2. The third kappa shape index (κ3) is 2.81. The first kappa shape index (κ1) is 16.3. The summed E-state index contributed by atoms with van der Waals surface area (Å²) in [6.07, 6.45) is 3.09. The lowest BCUT2D eigenvalue weighted by Gasteiger charge is -2.15. The minimum atomic E-state index is -0.216. The van der Waals surface area contributed by atoms with Crippen molar-refractivity contribution in [3.05, 3.63) is 47.8 Å². The van der Waals surface area contributed by atoms with Crippen LogP contribution in [-0.4, -0.2) is 33.1 Å². The fourth-order valence-electron chi connectivity index (χ4n) is 3.29. The zero-order valence-electron chi connectivity index (χ0n) is 14.7. The zero-order valence-corrected chi connectivity index (χ0v) is 14.7. The molecule has 2 aromatic heterocycles. The maximum absolute atomic E-state index is 12.5. The number of nitrogens with zero attached hydrogens (tertiary/aromatic N) is 4. The number of carbonyl (C=O) groups excluding carboxylic acids is 2. The Balaban J connectivity index is 1.53. The molecule has 0 unspecified atom stereocenters. The quantitative estimate of drug-likeness (QED) is 0.788. The van der Waals surface area contributed by atoms with Gasteiger partial charge in [0.15, 0.2) is 5.65 Å². The SMILES string of the molecule is Cc1nn(C)c2ncc(NC(=O)c3ccc(N4CCCC4=O)cc3)cc12. The summed E-state index contributed by atoms with van der Waals surface area (Å²) in [5, 5.41) is 8.11. The van der Waals surface area contributed by atoms with E-state index in [9.17, 15) is 9.59 Å². The molecule has 7 heteroatoms. The largest absolute Gasteiger partial charge is 0.321 e. The first-order valence-electron chi connectivity index (χ1n) is 8.54. The van der Waals surface area contributed by atoms with E-state index in [0.29, 0.717) is 17.7 Å². The first-order chi connectivity index (χ1) is 12.5. The van der Waals surface area contributed by atoms with Crippen molar-refractivity contribution in [3.63, 3.8) is 0 Å². The summed E-state index contributed by atoms with van der Waals surface area (Å²) in [6, 6.07) is 8.96. The van der Waals surface area contributed by atoms with Gasteiger partial charge in [-0.1, -0.05) is 0 Å². The summed E-state index contributed by atoms with van der Waals surface area (Å²) in [4.78, 5) is 30.4. The molecule has 0 spiro atoms. The van der Waals surface area contributed by atoms with Crippen molar-refractivity contribution in [2.24, 2.45) is 7.05 Å². The van der Waals surface area contributed by atoms with E-state index < -0.39 is 0 Å². The number of carbonyl (C=O) groups is 2. The highest BCUT2D eigenvalue weighted by Gasteiger charge is 2.21. The number of benzene rings is 1. The molecule has 0 saturated carbocycles. The van der Waals surface area contributed by atoms with Crippen molar-refractivity contribution in [1.82, 2.24) is 14.8 Å². The van der Waals surface area contributed by atoms with E-state index >= 15 is 0 Å². The van der Waals surface area contributed by atoms with E-state index in [0.717, 1.165) is 35.4 Å². The number of aryl methyl sites for hydroxylation is 2. The van der Waals surface area contributed by atoms with Gasteiger partial charge in [0.05, 0.1) is 17.6 Å². The number of rotatable bonds is 3. The second kappa shape index (κ2) is 6.25. The Morgan fingerprint density at radius 1 is 1.23 bits per heavy atom. The smallest absolute Gasteiger partial charge is 0.255 e. The average molecular weight is 349 g/mol. The molecule has 0 aliphatic carbocycles. The Hall–Kier alpha value is -3.22. The van der Waals surface area contributed by atoms with E-state index in [1.807, 2.05) is 32.2 Å². The number of pyridine rings is 1. The molecule has 1 N–H and O–H groups in total. The van der Waals surface area contributed by atoms with Crippen LogP contribution in [-0.2, 0) is 11.8 Å². The molecular weight excluding hydrogens is 330 g/mol.